The number of rotatable bonds is 3. The Kier molecular flexibility index (Phi) is 3.33. The molecule has 1 aliphatic rings. The van der Waals surface area contributed by atoms with E-state index < -0.39 is 17.2 Å². The summed E-state index contributed by atoms with van der Waals surface area (Å²) in [5.41, 5.74) is 1.07. The molecule has 1 nitrogen and oxygen atoms in total. The third-order valence-electron chi connectivity index (χ3n) is 3.69. The van der Waals surface area contributed by atoms with Crippen molar-refractivity contribution < 1.29 is 17.9 Å². The molecule has 108 valence electrons. The predicted octanol–water partition coefficient (Wildman–Crippen LogP) is 4.43. The first-order chi connectivity index (χ1) is 10.0. The highest BCUT2D eigenvalue weighted by atomic mass is 19.1. The monoisotopic (exact) mass is 290 g/mol. The Morgan fingerprint density at radius 3 is 2.24 bits per heavy atom. The maximum Gasteiger partial charge on any atom is 0.140 e. The van der Waals surface area contributed by atoms with E-state index in [0.717, 1.165) is 17.2 Å². The van der Waals surface area contributed by atoms with Crippen LogP contribution in [0.5, 0.6) is 0 Å². The first kappa shape index (κ1) is 13.9. The lowest BCUT2D eigenvalue weighted by Crippen LogP contribution is -2.13. The van der Waals surface area contributed by atoms with E-state index in [2.05, 4.69) is 0 Å². The quantitative estimate of drug-likeness (QED) is 0.762. The van der Waals surface area contributed by atoms with Gasteiger partial charge >= 0.3 is 0 Å². The zero-order valence-electron chi connectivity index (χ0n) is 11.4. The predicted molar refractivity (Wildman–Crippen MR) is 74.0 cm³/mol. The van der Waals surface area contributed by atoms with Crippen LogP contribution in [0.25, 0.3) is 6.08 Å². The van der Waals surface area contributed by atoms with Crippen molar-refractivity contribution in [1.82, 2.24) is 0 Å². The van der Waals surface area contributed by atoms with Crippen molar-refractivity contribution in [2.75, 3.05) is 6.61 Å². The summed E-state index contributed by atoms with van der Waals surface area (Å²) >= 11 is 0. The largest absolute Gasteiger partial charge is 0.360 e. The van der Waals surface area contributed by atoms with Gasteiger partial charge in [0, 0.05) is 11.6 Å². The van der Waals surface area contributed by atoms with Crippen molar-refractivity contribution in [3.8, 4) is 0 Å². The van der Waals surface area contributed by atoms with Gasteiger partial charge in [0.05, 0.1) is 6.61 Å². The molecular weight excluding hydrogens is 277 g/mol. The number of hydrogen-bond donors (Lipinski definition) is 0. The van der Waals surface area contributed by atoms with Crippen LogP contribution in [0.15, 0.2) is 48.0 Å². The lowest BCUT2D eigenvalue weighted by molar-refractivity contribution is 0.337. The molecule has 2 aromatic rings. The fourth-order valence-electron chi connectivity index (χ4n) is 2.41. The summed E-state index contributed by atoms with van der Waals surface area (Å²) in [6, 6.07) is 9.46. The number of ether oxygens (including phenoxy) is 1. The average Bonchev–Trinajstić information content (AvgIpc) is 3.23. The molecule has 0 N–H and O–H groups in total. The molecule has 0 bridgehead atoms. The smallest absolute Gasteiger partial charge is 0.140 e. The van der Waals surface area contributed by atoms with E-state index in [0.29, 0.717) is 12.2 Å². The minimum absolute atomic E-state index is 0.313. The fourth-order valence-corrected chi connectivity index (χ4v) is 2.41. The Labute approximate surface area is 120 Å². The summed E-state index contributed by atoms with van der Waals surface area (Å²) in [5.74, 6) is -1.56. The van der Waals surface area contributed by atoms with Crippen LogP contribution < -0.4 is 0 Å². The third-order valence-corrected chi connectivity index (χ3v) is 3.69. The van der Waals surface area contributed by atoms with Crippen molar-refractivity contribution in [1.29, 1.82) is 0 Å². The number of halogens is 3. The fraction of sp³-hybridized carbons (Fsp3) is 0.176. The van der Waals surface area contributed by atoms with Crippen LogP contribution >= 0.6 is 0 Å². The van der Waals surface area contributed by atoms with Gasteiger partial charge in [0.25, 0.3) is 0 Å². The number of epoxide rings is 1. The van der Waals surface area contributed by atoms with Gasteiger partial charge in [-0.3, -0.25) is 0 Å². The molecule has 1 atom stereocenters. The molecule has 0 aliphatic carbocycles. The van der Waals surface area contributed by atoms with Crippen molar-refractivity contribution in [2.24, 2.45) is 0 Å². The van der Waals surface area contributed by atoms with Gasteiger partial charge in [-0.05, 0) is 42.3 Å². The molecule has 1 saturated heterocycles. The SMILES string of the molecule is CC(=Cc1ccc(F)cc1)C1(c2ccc(F)cc2F)CO1. The zero-order chi connectivity index (χ0) is 15.0. The standard InChI is InChI=1S/C17H13F3O/c1-11(8-12-2-4-13(18)5-3-12)17(10-21-17)15-7-6-14(19)9-16(15)20/h2-9H,10H2,1H3. The maximum absolute atomic E-state index is 13.9. The molecule has 3 rings (SSSR count). The van der Waals surface area contributed by atoms with Gasteiger partial charge in [0.2, 0.25) is 0 Å². The summed E-state index contributed by atoms with van der Waals surface area (Å²) in [7, 11) is 0. The molecule has 0 aromatic heterocycles. The van der Waals surface area contributed by atoms with Gasteiger partial charge in [-0.1, -0.05) is 18.2 Å². The van der Waals surface area contributed by atoms with E-state index in [1.54, 1.807) is 12.1 Å². The van der Waals surface area contributed by atoms with Crippen LogP contribution in [0.4, 0.5) is 13.2 Å². The summed E-state index contributed by atoms with van der Waals surface area (Å²) in [5, 5.41) is 0. The first-order valence-electron chi connectivity index (χ1n) is 6.55. The summed E-state index contributed by atoms with van der Waals surface area (Å²) < 4.78 is 45.3. The maximum atomic E-state index is 13.9. The summed E-state index contributed by atoms with van der Waals surface area (Å²) in [6.07, 6.45) is 1.81. The van der Waals surface area contributed by atoms with E-state index in [9.17, 15) is 13.2 Å². The molecule has 21 heavy (non-hydrogen) atoms. The Bertz CT molecular complexity index is 700. The van der Waals surface area contributed by atoms with E-state index in [-0.39, 0.29) is 5.82 Å². The zero-order valence-corrected chi connectivity index (χ0v) is 11.4. The van der Waals surface area contributed by atoms with E-state index in [1.807, 2.05) is 13.0 Å². The Hall–Kier alpha value is -2.07. The molecule has 1 aliphatic heterocycles. The molecule has 4 heteroatoms. The Morgan fingerprint density at radius 2 is 1.67 bits per heavy atom. The van der Waals surface area contributed by atoms with E-state index in [4.69, 9.17) is 4.74 Å². The van der Waals surface area contributed by atoms with Crippen LogP contribution in [-0.4, -0.2) is 6.61 Å². The lowest BCUT2D eigenvalue weighted by atomic mass is 9.91. The summed E-state index contributed by atoms with van der Waals surface area (Å²) in [6.45, 7) is 2.16. The molecule has 0 radical (unpaired) electrons. The van der Waals surface area contributed by atoms with Crippen LogP contribution in [0.2, 0.25) is 0 Å². The minimum atomic E-state index is -0.841. The highest BCUT2D eigenvalue weighted by Crippen LogP contribution is 2.46. The second kappa shape index (κ2) is 5.04. The topological polar surface area (TPSA) is 12.5 Å². The van der Waals surface area contributed by atoms with Crippen LogP contribution in [0.3, 0.4) is 0 Å². The average molecular weight is 290 g/mol. The molecule has 2 aromatic carbocycles. The van der Waals surface area contributed by atoms with Gasteiger partial charge in [-0.15, -0.1) is 0 Å². The summed E-state index contributed by atoms with van der Waals surface area (Å²) in [4.78, 5) is 0. The molecule has 1 unspecified atom stereocenters. The van der Waals surface area contributed by atoms with Gasteiger partial charge in [0.1, 0.15) is 23.1 Å². The van der Waals surface area contributed by atoms with Crippen molar-refractivity contribution in [3.63, 3.8) is 0 Å². The number of hydrogen-bond acceptors (Lipinski definition) is 1. The van der Waals surface area contributed by atoms with Crippen LogP contribution in [-0.2, 0) is 10.3 Å². The highest BCUT2D eigenvalue weighted by molar-refractivity contribution is 5.57. The first-order valence-corrected chi connectivity index (χ1v) is 6.55. The lowest BCUT2D eigenvalue weighted by Gasteiger charge is -2.14. The molecule has 0 spiro atoms. The third kappa shape index (κ3) is 2.59. The number of benzene rings is 2. The van der Waals surface area contributed by atoms with Crippen LogP contribution in [0, 0.1) is 17.5 Å². The van der Waals surface area contributed by atoms with Crippen molar-refractivity contribution >= 4 is 6.08 Å². The van der Waals surface area contributed by atoms with E-state index >= 15 is 0 Å². The van der Waals surface area contributed by atoms with Gasteiger partial charge in [-0.25, -0.2) is 13.2 Å². The van der Waals surface area contributed by atoms with Gasteiger partial charge in [-0.2, -0.15) is 0 Å². The molecule has 0 amide bonds. The molecule has 1 heterocycles. The van der Waals surface area contributed by atoms with Gasteiger partial charge < -0.3 is 4.74 Å². The van der Waals surface area contributed by atoms with Crippen molar-refractivity contribution in [2.45, 2.75) is 12.5 Å². The molecule has 1 fully saturated rings. The normalized spacial score (nSPS) is 21.4. The second-order valence-electron chi connectivity index (χ2n) is 5.12. The Morgan fingerprint density at radius 1 is 1.05 bits per heavy atom. The van der Waals surface area contributed by atoms with E-state index in [1.165, 1.54) is 24.3 Å². The Balaban J connectivity index is 1.96. The van der Waals surface area contributed by atoms with Gasteiger partial charge in [0.15, 0.2) is 0 Å². The minimum Gasteiger partial charge on any atom is -0.360 e. The molecule has 0 saturated carbocycles. The second-order valence-corrected chi connectivity index (χ2v) is 5.12. The molecular formula is C17H13F3O. The highest BCUT2D eigenvalue weighted by Gasteiger charge is 2.49. The van der Waals surface area contributed by atoms with Crippen molar-refractivity contribution in [3.05, 3.63) is 76.6 Å². The van der Waals surface area contributed by atoms with Crippen LogP contribution in [0.1, 0.15) is 18.1 Å².